The summed E-state index contributed by atoms with van der Waals surface area (Å²) in [6.07, 6.45) is -4.41. The smallest absolute Gasteiger partial charge is 0.370 e. The Balaban J connectivity index is 2.88. The minimum atomic E-state index is -4.41. The number of alkyl halides is 3. The molecule has 0 aliphatic heterocycles. The lowest BCUT2D eigenvalue weighted by Crippen LogP contribution is -2.25. The summed E-state index contributed by atoms with van der Waals surface area (Å²) in [7, 11) is 0. The molecule has 3 nitrogen and oxygen atoms in total. The largest absolute Gasteiger partial charge is 0.418 e. The van der Waals surface area contributed by atoms with E-state index in [0.29, 0.717) is 12.5 Å². The third kappa shape index (κ3) is 4.27. The first-order chi connectivity index (χ1) is 8.30. The van der Waals surface area contributed by atoms with Gasteiger partial charge in [0.25, 0.3) is 0 Å². The predicted octanol–water partition coefficient (Wildman–Crippen LogP) is 3.09. The maximum atomic E-state index is 12.7. The van der Waals surface area contributed by atoms with Crippen molar-refractivity contribution in [3.8, 4) is 0 Å². The van der Waals surface area contributed by atoms with Crippen molar-refractivity contribution in [3.05, 3.63) is 29.8 Å². The zero-order valence-electron chi connectivity index (χ0n) is 10.3. The van der Waals surface area contributed by atoms with Crippen molar-refractivity contribution in [2.75, 3.05) is 11.9 Å². The standard InChI is InChI=1S/C12H16F3N3/c1-8(2)7-17-11(16)18-10-6-4-3-5-9(10)12(13,14)15/h3-6,8H,7H2,1-2H3,(H3,16,17,18). The summed E-state index contributed by atoms with van der Waals surface area (Å²) in [6.45, 7) is 4.36. The van der Waals surface area contributed by atoms with Gasteiger partial charge >= 0.3 is 6.18 Å². The second-order valence-corrected chi connectivity index (χ2v) is 4.29. The lowest BCUT2D eigenvalue weighted by molar-refractivity contribution is -0.136. The zero-order chi connectivity index (χ0) is 13.8. The number of para-hydroxylation sites is 1. The third-order valence-corrected chi connectivity index (χ3v) is 2.12. The molecule has 0 atom stereocenters. The van der Waals surface area contributed by atoms with E-state index in [9.17, 15) is 13.2 Å². The summed E-state index contributed by atoms with van der Waals surface area (Å²) in [5.41, 5.74) is 4.69. The molecule has 18 heavy (non-hydrogen) atoms. The number of benzene rings is 1. The molecule has 100 valence electrons. The van der Waals surface area contributed by atoms with E-state index >= 15 is 0 Å². The molecule has 0 aliphatic rings. The average Bonchev–Trinajstić information content (AvgIpc) is 2.25. The van der Waals surface area contributed by atoms with Gasteiger partial charge in [-0.05, 0) is 18.1 Å². The van der Waals surface area contributed by atoms with Gasteiger partial charge in [-0.15, -0.1) is 0 Å². The second kappa shape index (κ2) is 5.75. The summed E-state index contributed by atoms with van der Waals surface area (Å²) in [5.74, 6) is 0.281. The molecule has 1 aromatic rings. The Labute approximate surface area is 104 Å². The maximum Gasteiger partial charge on any atom is 0.418 e. The third-order valence-electron chi connectivity index (χ3n) is 2.12. The molecular formula is C12H16F3N3. The number of hydrogen-bond acceptors (Lipinski definition) is 1. The Morgan fingerprint density at radius 3 is 2.50 bits per heavy atom. The molecule has 0 bridgehead atoms. The fourth-order valence-electron chi connectivity index (χ4n) is 1.30. The maximum absolute atomic E-state index is 12.7. The summed E-state index contributed by atoms with van der Waals surface area (Å²) in [4.78, 5) is 3.96. The van der Waals surface area contributed by atoms with Gasteiger partial charge in [-0.1, -0.05) is 26.0 Å². The van der Waals surface area contributed by atoms with Crippen molar-refractivity contribution >= 4 is 11.6 Å². The molecule has 1 aromatic carbocycles. The van der Waals surface area contributed by atoms with E-state index < -0.39 is 11.7 Å². The van der Waals surface area contributed by atoms with E-state index in [2.05, 4.69) is 10.3 Å². The first-order valence-corrected chi connectivity index (χ1v) is 5.54. The van der Waals surface area contributed by atoms with Crippen LogP contribution in [0.5, 0.6) is 0 Å². The number of rotatable bonds is 3. The van der Waals surface area contributed by atoms with Crippen molar-refractivity contribution in [1.29, 1.82) is 0 Å². The minimum absolute atomic E-state index is 0.0135. The number of nitrogens with one attached hydrogen (secondary N) is 1. The van der Waals surface area contributed by atoms with Crippen LogP contribution in [-0.2, 0) is 6.18 Å². The molecule has 0 aromatic heterocycles. The molecule has 3 N–H and O–H groups in total. The number of anilines is 1. The van der Waals surface area contributed by atoms with Crippen molar-refractivity contribution in [2.24, 2.45) is 16.6 Å². The summed E-state index contributed by atoms with van der Waals surface area (Å²) < 4.78 is 38.1. The monoisotopic (exact) mass is 259 g/mol. The lowest BCUT2D eigenvalue weighted by atomic mass is 10.1. The quantitative estimate of drug-likeness (QED) is 0.647. The van der Waals surface area contributed by atoms with Crippen LogP contribution in [0.15, 0.2) is 29.3 Å². The molecule has 0 amide bonds. The number of guanidine groups is 1. The molecule has 1 rings (SSSR count). The lowest BCUT2D eigenvalue weighted by Gasteiger charge is -2.14. The topological polar surface area (TPSA) is 50.4 Å². The fourth-order valence-corrected chi connectivity index (χ4v) is 1.30. The van der Waals surface area contributed by atoms with Crippen LogP contribution in [0.25, 0.3) is 0 Å². The van der Waals surface area contributed by atoms with Gasteiger partial charge < -0.3 is 11.1 Å². The molecule has 0 heterocycles. The van der Waals surface area contributed by atoms with Gasteiger partial charge in [0.15, 0.2) is 5.96 Å². The molecular weight excluding hydrogens is 243 g/mol. The molecule has 6 heteroatoms. The van der Waals surface area contributed by atoms with Crippen LogP contribution in [0.2, 0.25) is 0 Å². The average molecular weight is 259 g/mol. The van der Waals surface area contributed by atoms with Gasteiger partial charge in [-0.25, -0.2) is 0 Å². The van der Waals surface area contributed by atoms with Crippen LogP contribution in [0.4, 0.5) is 18.9 Å². The predicted molar refractivity (Wildman–Crippen MR) is 66.4 cm³/mol. The van der Waals surface area contributed by atoms with Gasteiger partial charge in [0.05, 0.1) is 11.3 Å². The van der Waals surface area contributed by atoms with Gasteiger partial charge in [-0.2, -0.15) is 13.2 Å². The normalized spacial score (nSPS) is 12.9. The highest BCUT2D eigenvalue weighted by atomic mass is 19.4. The molecule has 0 saturated carbocycles. The van der Waals surface area contributed by atoms with E-state index in [4.69, 9.17) is 5.73 Å². The number of halogens is 3. The van der Waals surface area contributed by atoms with Crippen LogP contribution in [0.1, 0.15) is 19.4 Å². The Kier molecular flexibility index (Phi) is 4.58. The van der Waals surface area contributed by atoms with Crippen molar-refractivity contribution < 1.29 is 13.2 Å². The molecule has 0 aliphatic carbocycles. The Morgan fingerprint density at radius 1 is 1.33 bits per heavy atom. The summed E-state index contributed by atoms with van der Waals surface area (Å²) in [5, 5.41) is 2.48. The van der Waals surface area contributed by atoms with Crippen LogP contribution in [0, 0.1) is 5.92 Å². The summed E-state index contributed by atoms with van der Waals surface area (Å²) >= 11 is 0. The zero-order valence-corrected chi connectivity index (χ0v) is 10.3. The Morgan fingerprint density at radius 2 is 1.94 bits per heavy atom. The molecule has 0 radical (unpaired) electrons. The minimum Gasteiger partial charge on any atom is -0.370 e. The first kappa shape index (κ1) is 14.3. The van der Waals surface area contributed by atoms with Gasteiger partial charge in [0, 0.05) is 6.54 Å². The molecule has 0 saturated heterocycles. The van der Waals surface area contributed by atoms with E-state index in [-0.39, 0.29) is 11.6 Å². The number of nitrogens with two attached hydrogens (primary N) is 1. The van der Waals surface area contributed by atoms with E-state index in [1.807, 2.05) is 13.8 Å². The van der Waals surface area contributed by atoms with Gasteiger partial charge in [0.2, 0.25) is 0 Å². The Bertz CT molecular complexity index is 425. The summed E-state index contributed by atoms with van der Waals surface area (Å²) in [6, 6.07) is 5.15. The van der Waals surface area contributed by atoms with Crippen molar-refractivity contribution in [3.63, 3.8) is 0 Å². The van der Waals surface area contributed by atoms with Crippen molar-refractivity contribution in [2.45, 2.75) is 20.0 Å². The van der Waals surface area contributed by atoms with Gasteiger partial charge in [-0.3, -0.25) is 4.99 Å². The fraction of sp³-hybridized carbons (Fsp3) is 0.417. The highest BCUT2D eigenvalue weighted by Crippen LogP contribution is 2.34. The molecule has 0 spiro atoms. The first-order valence-electron chi connectivity index (χ1n) is 5.54. The molecule has 0 unspecified atom stereocenters. The van der Waals surface area contributed by atoms with Gasteiger partial charge in [0.1, 0.15) is 0 Å². The number of nitrogens with zero attached hydrogens (tertiary/aromatic N) is 1. The second-order valence-electron chi connectivity index (χ2n) is 4.29. The van der Waals surface area contributed by atoms with E-state index in [1.54, 1.807) is 0 Å². The number of hydrogen-bond donors (Lipinski definition) is 2. The Hall–Kier alpha value is -1.72. The van der Waals surface area contributed by atoms with Crippen molar-refractivity contribution in [1.82, 2.24) is 0 Å². The van der Waals surface area contributed by atoms with E-state index in [1.165, 1.54) is 18.2 Å². The van der Waals surface area contributed by atoms with Crippen LogP contribution in [0.3, 0.4) is 0 Å². The highest BCUT2D eigenvalue weighted by molar-refractivity contribution is 5.93. The van der Waals surface area contributed by atoms with Crippen LogP contribution < -0.4 is 11.1 Å². The number of aliphatic imine (C=N–C) groups is 1. The molecule has 0 fully saturated rings. The van der Waals surface area contributed by atoms with E-state index in [0.717, 1.165) is 6.07 Å². The highest BCUT2D eigenvalue weighted by Gasteiger charge is 2.33. The SMILES string of the molecule is CC(C)CN=C(N)Nc1ccccc1C(F)(F)F. The van der Waals surface area contributed by atoms with Crippen LogP contribution in [-0.4, -0.2) is 12.5 Å². The van der Waals surface area contributed by atoms with Crippen LogP contribution >= 0.6 is 0 Å².